The Morgan fingerprint density at radius 3 is 0.792 bits per heavy atom. The summed E-state index contributed by atoms with van der Waals surface area (Å²) in [6.45, 7) is 5.01. The lowest BCUT2D eigenvalue weighted by Crippen LogP contribution is -2.45. The molecule has 1 amide bonds. The lowest BCUT2D eigenvalue weighted by molar-refractivity contribution is -0.143. The number of carbonyl (C=O) groups is 2. The third-order valence-electron chi connectivity index (χ3n) is 17.2. The molecule has 0 aliphatic rings. The summed E-state index contributed by atoms with van der Waals surface area (Å²) in [5.74, 6) is -0.00890. The Morgan fingerprint density at radius 1 is 0.312 bits per heavy atom. The van der Waals surface area contributed by atoms with Crippen molar-refractivity contribution in [3.8, 4) is 0 Å². The monoisotopic (exact) mass is 1090 g/mol. The fraction of sp³-hybridized carbons (Fsp3) is 0.972. The van der Waals surface area contributed by atoms with Crippen molar-refractivity contribution in [1.82, 2.24) is 5.32 Å². The molecule has 0 radical (unpaired) electrons. The Morgan fingerprint density at radius 2 is 0.532 bits per heavy atom. The van der Waals surface area contributed by atoms with Crippen molar-refractivity contribution < 1.29 is 24.5 Å². The molecule has 6 nitrogen and oxygen atoms in total. The van der Waals surface area contributed by atoms with Gasteiger partial charge in [0.2, 0.25) is 5.91 Å². The fourth-order valence-corrected chi connectivity index (χ4v) is 11.7. The second-order valence-corrected chi connectivity index (χ2v) is 24.9. The predicted octanol–water partition coefficient (Wildman–Crippen LogP) is 23.0. The second-order valence-electron chi connectivity index (χ2n) is 24.9. The van der Waals surface area contributed by atoms with Crippen LogP contribution in [0.5, 0.6) is 0 Å². The molecule has 0 rings (SSSR count). The lowest BCUT2D eigenvalue weighted by atomic mass is 10.0. The van der Waals surface area contributed by atoms with Crippen LogP contribution in [0, 0.1) is 0 Å². The van der Waals surface area contributed by atoms with E-state index in [1.165, 1.54) is 347 Å². The number of aliphatic hydroxyl groups is 2. The van der Waals surface area contributed by atoms with Gasteiger partial charge in [-0.05, 0) is 25.7 Å². The standard InChI is InChI=1S/C71H141NO5/c1-3-5-7-9-11-13-15-17-19-21-28-31-35-39-43-47-51-55-59-63-69(74)68(67-73)72-70(75)64-60-56-52-48-44-40-36-32-29-26-24-23-25-27-30-34-38-42-46-50-54-58-62-66-77-71(76)65-61-57-53-49-45-41-37-33-22-20-18-16-14-12-10-8-6-4-2/h68-69,73-74H,3-67H2,1-2H3,(H,72,75). The van der Waals surface area contributed by atoms with Gasteiger partial charge in [-0.1, -0.05) is 380 Å². The van der Waals surface area contributed by atoms with E-state index in [9.17, 15) is 19.8 Å². The maximum absolute atomic E-state index is 12.5. The highest BCUT2D eigenvalue weighted by molar-refractivity contribution is 5.76. The lowest BCUT2D eigenvalue weighted by Gasteiger charge is -2.22. The first kappa shape index (κ1) is 75.9. The van der Waals surface area contributed by atoms with Gasteiger partial charge >= 0.3 is 5.97 Å². The summed E-state index contributed by atoms with van der Waals surface area (Å²) in [6, 6.07) is -0.541. The summed E-state index contributed by atoms with van der Waals surface area (Å²) in [5.41, 5.74) is 0. The molecular formula is C71H141NO5. The molecule has 0 aliphatic heterocycles. The van der Waals surface area contributed by atoms with Gasteiger partial charge in [0, 0.05) is 12.8 Å². The zero-order valence-electron chi connectivity index (χ0n) is 52.7. The van der Waals surface area contributed by atoms with Gasteiger partial charge in [0.05, 0.1) is 25.4 Å². The Labute approximate surface area is 483 Å². The minimum atomic E-state index is -0.664. The number of hydrogen-bond acceptors (Lipinski definition) is 5. The van der Waals surface area contributed by atoms with E-state index in [2.05, 4.69) is 19.2 Å². The molecule has 3 N–H and O–H groups in total. The third-order valence-corrected chi connectivity index (χ3v) is 17.2. The van der Waals surface area contributed by atoms with Crippen molar-refractivity contribution in [2.24, 2.45) is 0 Å². The first-order valence-electron chi connectivity index (χ1n) is 35.8. The minimum absolute atomic E-state index is 0.0204. The topological polar surface area (TPSA) is 95.9 Å². The Kier molecular flexibility index (Phi) is 66.4. The zero-order valence-corrected chi connectivity index (χ0v) is 52.7. The Balaban J connectivity index is 3.34. The average Bonchev–Trinajstić information content (AvgIpc) is 3.43. The van der Waals surface area contributed by atoms with Crippen LogP contribution in [0.1, 0.15) is 418 Å². The highest BCUT2D eigenvalue weighted by Gasteiger charge is 2.20. The van der Waals surface area contributed by atoms with Crippen molar-refractivity contribution in [1.29, 1.82) is 0 Å². The van der Waals surface area contributed by atoms with Gasteiger partial charge in [0.25, 0.3) is 0 Å². The zero-order chi connectivity index (χ0) is 55.7. The van der Waals surface area contributed by atoms with Crippen molar-refractivity contribution in [2.75, 3.05) is 13.2 Å². The molecule has 0 aromatic carbocycles. The van der Waals surface area contributed by atoms with E-state index in [-0.39, 0.29) is 18.5 Å². The second kappa shape index (κ2) is 67.4. The van der Waals surface area contributed by atoms with E-state index in [4.69, 9.17) is 4.74 Å². The number of hydrogen-bond donors (Lipinski definition) is 3. The van der Waals surface area contributed by atoms with Crippen molar-refractivity contribution in [3.05, 3.63) is 0 Å². The molecule has 0 saturated carbocycles. The van der Waals surface area contributed by atoms with Crippen LogP contribution in [0.2, 0.25) is 0 Å². The summed E-state index contributed by atoms with van der Waals surface area (Å²) in [7, 11) is 0. The van der Waals surface area contributed by atoms with E-state index in [1.54, 1.807) is 0 Å². The van der Waals surface area contributed by atoms with Crippen LogP contribution in [0.3, 0.4) is 0 Å². The molecule has 0 heterocycles. The molecular weight excluding hydrogens is 947 g/mol. The van der Waals surface area contributed by atoms with Gasteiger partial charge in [-0.3, -0.25) is 9.59 Å². The normalized spacial score (nSPS) is 12.4. The number of carbonyl (C=O) groups excluding carboxylic acids is 2. The highest BCUT2D eigenvalue weighted by Crippen LogP contribution is 2.20. The first-order chi connectivity index (χ1) is 38.0. The largest absolute Gasteiger partial charge is 0.466 e. The molecule has 0 bridgehead atoms. The van der Waals surface area contributed by atoms with Crippen LogP contribution < -0.4 is 5.32 Å². The van der Waals surface area contributed by atoms with E-state index < -0.39 is 12.1 Å². The molecule has 6 heteroatoms. The number of unbranched alkanes of at least 4 members (excludes halogenated alkanes) is 57. The first-order valence-corrected chi connectivity index (χ1v) is 35.8. The van der Waals surface area contributed by atoms with Gasteiger partial charge in [-0.15, -0.1) is 0 Å². The van der Waals surface area contributed by atoms with Crippen LogP contribution in [0.15, 0.2) is 0 Å². The molecule has 460 valence electrons. The molecule has 0 fully saturated rings. The number of nitrogens with one attached hydrogen (secondary N) is 1. The summed E-state index contributed by atoms with van der Waals surface area (Å²) in [5, 5.41) is 23.4. The van der Waals surface area contributed by atoms with Crippen LogP contribution in [-0.2, 0) is 14.3 Å². The van der Waals surface area contributed by atoms with Gasteiger partial charge in [0.1, 0.15) is 0 Å². The minimum Gasteiger partial charge on any atom is -0.466 e. The number of amides is 1. The van der Waals surface area contributed by atoms with Crippen LogP contribution in [0.4, 0.5) is 0 Å². The molecule has 0 saturated heterocycles. The van der Waals surface area contributed by atoms with Gasteiger partial charge in [-0.25, -0.2) is 0 Å². The van der Waals surface area contributed by atoms with Gasteiger partial charge < -0.3 is 20.3 Å². The van der Waals surface area contributed by atoms with Gasteiger partial charge in [0.15, 0.2) is 0 Å². The van der Waals surface area contributed by atoms with Crippen LogP contribution in [0.25, 0.3) is 0 Å². The van der Waals surface area contributed by atoms with E-state index in [0.29, 0.717) is 25.9 Å². The van der Waals surface area contributed by atoms with E-state index in [0.717, 1.165) is 38.5 Å². The molecule has 2 atom stereocenters. The summed E-state index contributed by atoms with van der Waals surface area (Å²) >= 11 is 0. The molecule has 0 spiro atoms. The quantitative estimate of drug-likeness (QED) is 0.0417. The number of rotatable bonds is 68. The maximum Gasteiger partial charge on any atom is 0.305 e. The smallest absolute Gasteiger partial charge is 0.305 e. The van der Waals surface area contributed by atoms with Crippen molar-refractivity contribution in [3.63, 3.8) is 0 Å². The summed E-state index contributed by atoms with van der Waals surface area (Å²) in [4.78, 5) is 24.7. The Hall–Kier alpha value is -1.14. The molecule has 0 aromatic rings. The summed E-state index contributed by atoms with van der Waals surface area (Å²) < 4.78 is 5.51. The number of ether oxygens (including phenoxy) is 1. The summed E-state index contributed by atoms with van der Waals surface area (Å²) in [6.07, 6.45) is 81.5. The van der Waals surface area contributed by atoms with Crippen molar-refractivity contribution >= 4 is 11.9 Å². The van der Waals surface area contributed by atoms with Gasteiger partial charge in [-0.2, -0.15) is 0 Å². The fourth-order valence-electron chi connectivity index (χ4n) is 11.7. The number of aliphatic hydroxyl groups excluding tert-OH is 2. The molecule has 0 aromatic heterocycles. The molecule has 2 unspecified atom stereocenters. The van der Waals surface area contributed by atoms with Crippen LogP contribution >= 0.6 is 0 Å². The maximum atomic E-state index is 12.5. The van der Waals surface area contributed by atoms with E-state index in [1.807, 2.05) is 0 Å². The number of esters is 1. The van der Waals surface area contributed by atoms with Crippen LogP contribution in [-0.4, -0.2) is 47.4 Å². The molecule has 0 aliphatic carbocycles. The highest BCUT2D eigenvalue weighted by atomic mass is 16.5. The average molecular weight is 1090 g/mol. The Bertz CT molecular complexity index is 1120. The predicted molar refractivity (Wildman–Crippen MR) is 338 cm³/mol. The van der Waals surface area contributed by atoms with E-state index >= 15 is 0 Å². The SMILES string of the molecule is CCCCCCCCCCCCCCCCCCCCCC(O)C(CO)NC(=O)CCCCCCCCCCCCCCCCCCCCCCCCCOC(=O)CCCCCCCCCCCCCCCCCCCC. The molecule has 77 heavy (non-hydrogen) atoms. The third kappa shape index (κ3) is 63.9. The van der Waals surface area contributed by atoms with Crippen molar-refractivity contribution in [2.45, 2.75) is 431 Å².